The summed E-state index contributed by atoms with van der Waals surface area (Å²) in [6.45, 7) is 0. The van der Waals surface area contributed by atoms with Crippen LogP contribution in [0.4, 0.5) is 0 Å². The Bertz CT molecular complexity index is 919. The summed E-state index contributed by atoms with van der Waals surface area (Å²) in [7, 11) is 0. The lowest BCUT2D eigenvalue weighted by atomic mass is 9.77. The van der Waals surface area contributed by atoms with Gasteiger partial charge in [-0.3, -0.25) is 0 Å². The zero-order valence-electron chi connectivity index (χ0n) is 14.6. The van der Waals surface area contributed by atoms with Gasteiger partial charge in [0.1, 0.15) is 0 Å². The number of benzene rings is 2. The first-order valence-electron chi connectivity index (χ1n) is 8.92. The normalized spacial score (nSPS) is 23.3. The van der Waals surface area contributed by atoms with Crippen molar-refractivity contribution in [2.45, 2.75) is 25.3 Å². The van der Waals surface area contributed by atoms with Gasteiger partial charge in [0.05, 0.1) is 11.8 Å². The molecule has 1 heterocycles. The molecule has 0 unspecified atom stereocenters. The fourth-order valence-corrected chi connectivity index (χ4v) is 4.62. The molecule has 0 radical (unpaired) electrons. The number of hydrazone groups is 1. The van der Waals surface area contributed by atoms with Gasteiger partial charge in [-0.05, 0) is 78.5 Å². The van der Waals surface area contributed by atoms with Gasteiger partial charge >= 0.3 is 0 Å². The summed E-state index contributed by atoms with van der Waals surface area (Å²) in [6, 6.07) is 16.8. The van der Waals surface area contributed by atoms with Crippen molar-refractivity contribution in [3.8, 4) is 0 Å². The van der Waals surface area contributed by atoms with Crippen molar-refractivity contribution in [1.82, 2.24) is 5.01 Å². The summed E-state index contributed by atoms with van der Waals surface area (Å²) < 4.78 is 2.14. The van der Waals surface area contributed by atoms with Crippen molar-refractivity contribution in [3.05, 3.63) is 74.2 Å². The van der Waals surface area contributed by atoms with E-state index in [4.69, 9.17) is 23.1 Å². The van der Waals surface area contributed by atoms with E-state index in [9.17, 15) is 0 Å². The van der Waals surface area contributed by atoms with Crippen molar-refractivity contribution in [2.75, 3.05) is 0 Å². The fourth-order valence-electron chi connectivity index (χ4n) is 3.94. The molecular formula is C21H19Br2N3S. The number of rotatable bonds is 2. The van der Waals surface area contributed by atoms with Crippen molar-refractivity contribution in [2.24, 2.45) is 16.8 Å². The summed E-state index contributed by atoms with van der Waals surface area (Å²) in [5, 5.41) is 7.04. The molecule has 2 aliphatic rings. The van der Waals surface area contributed by atoms with E-state index in [2.05, 4.69) is 86.5 Å². The van der Waals surface area contributed by atoms with Crippen LogP contribution in [0.3, 0.4) is 0 Å². The van der Waals surface area contributed by atoms with Gasteiger partial charge in [-0.2, -0.15) is 5.10 Å². The molecule has 0 bridgehead atoms. The minimum absolute atomic E-state index is 0.0687. The van der Waals surface area contributed by atoms with Crippen LogP contribution in [0.5, 0.6) is 0 Å². The molecule has 138 valence electrons. The second-order valence-corrected chi connectivity index (χ2v) is 9.13. The van der Waals surface area contributed by atoms with Crippen LogP contribution in [0.15, 0.2) is 68.2 Å². The lowest BCUT2D eigenvalue weighted by Gasteiger charge is -2.29. The van der Waals surface area contributed by atoms with Crippen LogP contribution in [0.1, 0.15) is 36.4 Å². The Morgan fingerprint density at radius 3 is 2.33 bits per heavy atom. The Labute approximate surface area is 181 Å². The van der Waals surface area contributed by atoms with E-state index >= 15 is 0 Å². The predicted octanol–water partition coefficient (Wildman–Crippen LogP) is 6.05. The van der Waals surface area contributed by atoms with E-state index in [0.29, 0.717) is 11.0 Å². The molecule has 27 heavy (non-hydrogen) atoms. The van der Waals surface area contributed by atoms with Crippen LogP contribution < -0.4 is 5.73 Å². The topological polar surface area (TPSA) is 41.6 Å². The Balaban J connectivity index is 1.72. The summed E-state index contributed by atoms with van der Waals surface area (Å²) >= 11 is 12.3. The molecule has 0 aromatic heterocycles. The highest BCUT2D eigenvalue weighted by atomic mass is 79.9. The van der Waals surface area contributed by atoms with Crippen LogP contribution in [-0.2, 0) is 0 Å². The van der Waals surface area contributed by atoms with Crippen molar-refractivity contribution in [1.29, 1.82) is 0 Å². The van der Waals surface area contributed by atoms with Crippen LogP contribution in [-0.4, -0.2) is 15.8 Å². The average Bonchev–Trinajstić information content (AvgIpc) is 3.05. The SMILES string of the molecule is NC(=S)N1N=C2/C(=C/c3ccc(Br)cc3)CCC[C@H]2[C@H]1c1ccc(Br)cc1. The minimum atomic E-state index is 0.0687. The van der Waals surface area contributed by atoms with Gasteiger partial charge in [-0.25, -0.2) is 5.01 Å². The number of hydrogen-bond donors (Lipinski definition) is 1. The Kier molecular flexibility index (Phi) is 5.48. The number of fused-ring (bicyclic) bond motifs is 1. The second kappa shape index (κ2) is 7.86. The summed E-state index contributed by atoms with van der Waals surface area (Å²) in [4.78, 5) is 0. The van der Waals surface area contributed by atoms with E-state index in [1.54, 1.807) is 0 Å². The monoisotopic (exact) mass is 503 g/mol. The average molecular weight is 505 g/mol. The zero-order valence-corrected chi connectivity index (χ0v) is 18.6. The Morgan fingerprint density at radius 1 is 1.07 bits per heavy atom. The molecule has 2 aromatic rings. The molecule has 4 rings (SSSR count). The number of nitrogens with two attached hydrogens (primary N) is 1. The highest BCUT2D eigenvalue weighted by Gasteiger charge is 2.42. The summed E-state index contributed by atoms with van der Waals surface area (Å²) in [5.41, 5.74) is 10.8. The molecule has 1 fully saturated rings. The van der Waals surface area contributed by atoms with E-state index < -0.39 is 0 Å². The van der Waals surface area contributed by atoms with Crippen LogP contribution in [0.25, 0.3) is 6.08 Å². The second-order valence-electron chi connectivity index (χ2n) is 6.88. The van der Waals surface area contributed by atoms with Gasteiger partial charge in [0.25, 0.3) is 0 Å². The van der Waals surface area contributed by atoms with Gasteiger partial charge in [0, 0.05) is 14.9 Å². The minimum Gasteiger partial charge on any atom is -0.375 e. The quantitative estimate of drug-likeness (QED) is 0.506. The number of allylic oxidation sites excluding steroid dienone is 1. The standard InChI is InChI=1S/C21H19Br2N3S/c22-16-8-4-13(5-9-16)12-15-2-1-3-18-19(15)25-26(21(24)27)20(18)14-6-10-17(23)11-7-14/h4-12,18,20H,1-3H2,(H2,24,27)/b15-12+/t18-,20-/m1/s1. The third-order valence-corrected chi connectivity index (χ3v) is 6.39. The van der Waals surface area contributed by atoms with Crippen molar-refractivity contribution < 1.29 is 0 Å². The smallest absolute Gasteiger partial charge is 0.187 e. The largest absolute Gasteiger partial charge is 0.375 e. The molecule has 2 N–H and O–H groups in total. The van der Waals surface area contributed by atoms with Crippen molar-refractivity contribution >= 4 is 61.0 Å². The van der Waals surface area contributed by atoms with E-state index in [-0.39, 0.29) is 6.04 Å². The highest BCUT2D eigenvalue weighted by molar-refractivity contribution is 9.10. The maximum atomic E-state index is 6.04. The van der Waals surface area contributed by atoms with Crippen molar-refractivity contribution in [3.63, 3.8) is 0 Å². The fraction of sp³-hybridized carbons (Fsp3) is 0.238. The van der Waals surface area contributed by atoms with E-state index in [1.807, 2.05) is 5.01 Å². The van der Waals surface area contributed by atoms with Crippen LogP contribution in [0.2, 0.25) is 0 Å². The maximum Gasteiger partial charge on any atom is 0.187 e. The molecule has 2 atom stereocenters. The summed E-state index contributed by atoms with van der Waals surface area (Å²) in [6.07, 6.45) is 5.52. The molecule has 0 spiro atoms. The molecule has 1 aliphatic heterocycles. The van der Waals surface area contributed by atoms with Gasteiger partial charge in [-0.15, -0.1) is 0 Å². The number of nitrogens with zero attached hydrogens (tertiary/aromatic N) is 2. The predicted molar refractivity (Wildman–Crippen MR) is 122 cm³/mol. The van der Waals surface area contributed by atoms with Gasteiger partial charge in [0.2, 0.25) is 0 Å². The molecular weight excluding hydrogens is 486 g/mol. The Hall–Kier alpha value is -1.50. The van der Waals surface area contributed by atoms with Crippen LogP contribution in [0, 0.1) is 5.92 Å². The van der Waals surface area contributed by atoms with Gasteiger partial charge < -0.3 is 5.73 Å². The first-order chi connectivity index (χ1) is 13.0. The lowest BCUT2D eigenvalue weighted by Crippen LogP contribution is -2.34. The van der Waals surface area contributed by atoms with Crippen LogP contribution >= 0.6 is 44.1 Å². The van der Waals surface area contributed by atoms with Gasteiger partial charge in [-0.1, -0.05) is 56.1 Å². The molecule has 0 saturated heterocycles. The maximum absolute atomic E-state index is 6.04. The molecule has 1 saturated carbocycles. The third-order valence-electron chi connectivity index (χ3n) is 5.15. The first-order valence-corrected chi connectivity index (χ1v) is 10.9. The number of halogens is 2. The number of thiocarbonyl (C=S) groups is 1. The Morgan fingerprint density at radius 2 is 1.70 bits per heavy atom. The molecule has 1 aliphatic carbocycles. The molecule has 3 nitrogen and oxygen atoms in total. The molecule has 0 amide bonds. The van der Waals surface area contributed by atoms with Gasteiger partial charge in [0.15, 0.2) is 5.11 Å². The molecule has 6 heteroatoms. The number of hydrogen-bond acceptors (Lipinski definition) is 2. The third kappa shape index (κ3) is 3.89. The first kappa shape index (κ1) is 18.8. The molecule has 2 aromatic carbocycles. The zero-order chi connectivity index (χ0) is 19.0. The lowest BCUT2D eigenvalue weighted by molar-refractivity contribution is 0.305. The van der Waals surface area contributed by atoms with E-state index in [1.165, 1.54) is 16.7 Å². The highest BCUT2D eigenvalue weighted by Crippen LogP contribution is 2.44. The van der Waals surface area contributed by atoms with E-state index in [0.717, 1.165) is 33.9 Å². The summed E-state index contributed by atoms with van der Waals surface area (Å²) in [5.74, 6) is 0.308.